The summed E-state index contributed by atoms with van der Waals surface area (Å²) in [6, 6.07) is 0. The van der Waals surface area contributed by atoms with Crippen LogP contribution in [0.4, 0.5) is 0 Å². The Kier molecular flexibility index (Phi) is 5.11. The van der Waals surface area contributed by atoms with Gasteiger partial charge >= 0.3 is 0 Å². The molecular formula is C14H29N. The van der Waals surface area contributed by atoms with Crippen molar-refractivity contribution in [3.63, 3.8) is 0 Å². The molecule has 1 atom stereocenters. The summed E-state index contributed by atoms with van der Waals surface area (Å²) in [5, 5.41) is 0. The molecule has 0 spiro atoms. The number of nitrogens with two attached hydrogens (primary N) is 1. The van der Waals surface area contributed by atoms with Gasteiger partial charge in [0, 0.05) is 5.54 Å². The molecule has 0 saturated heterocycles. The fourth-order valence-electron chi connectivity index (χ4n) is 2.99. The van der Waals surface area contributed by atoms with Crippen molar-refractivity contribution in [3.8, 4) is 0 Å². The van der Waals surface area contributed by atoms with Crippen LogP contribution in [0.1, 0.15) is 72.1 Å². The largest absolute Gasteiger partial charge is 0.325 e. The summed E-state index contributed by atoms with van der Waals surface area (Å²) in [5.74, 6) is 1.78. The van der Waals surface area contributed by atoms with Gasteiger partial charge in [0.25, 0.3) is 0 Å². The molecular weight excluding hydrogens is 182 g/mol. The van der Waals surface area contributed by atoms with Crippen molar-refractivity contribution in [1.82, 2.24) is 0 Å². The normalized spacial score (nSPS) is 34.0. The van der Waals surface area contributed by atoms with E-state index in [1.807, 2.05) is 0 Å². The number of rotatable bonds is 5. The molecule has 1 heteroatoms. The van der Waals surface area contributed by atoms with E-state index < -0.39 is 0 Å². The quantitative estimate of drug-likeness (QED) is 0.727. The summed E-state index contributed by atoms with van der Waals surface area (Å²) >= 11 is 0. The minimum absolute atomic E-state index is 0.180. The zero-order valence-corrected chi connectivity index (χ0v) is 10.9. The molecule has 0 bridgehead atoms. The molecule has 90 valence electrons. The van der Waals surface area contributed by atoms with Crippen LogP contribution in [0.5, 0.6) is 0 Å². The molecule has 0 aromatic rings. The lowest BCUT2D eigenvalue weighted by molar-refractivity contribution is 0.191. The minimum atomic E-state index is 0.180. The Balaban J connectivity index is 2.33. The van der Waals surface area contributed by atoms with Crippen molar-refractivity contribution in [2.45, 2.75) is 77.7 Å². The molecule has 0 heterocycles. The maximum Gasteiger partial charge on any atom is 0.0157 e. The van der Waals surface area contributed by atoms with E-state index in [0.29, 0.717) is 0 Å². The van der Waals surface area contributed by atoms with Gasteiger partial charge < -0.3 is 5.73 Å². The van der Waals surface area contributed by atoms with Gasteiger partial charge in [-0.25, -0.2) is 0 Å². The fraction of sp³-hybridized carbons (Fsp3) is 1.00. The second kappa shape index (κ2) is 5.89. The SMILES string of the molecule is CCCC1CCC(N)(CC(C)CC)CC1. The third-order valence-corrected chi connectivity index (χ3v) is 4.25. The third-order valence-electron chi connectivity index (χ3n) is 4.25. The van der Waals surface area contributed by atoms with Crippen molar-refractivity contribution in [2.75, 3.05) is 0 Å². The lowest BCUT2D eigenvalue weighted by Gasteiger charge is -2.38. The molecule has 0 amide bonds. The highest BCUT2D eigenvalue weighted by molar-refractivity contribution is 4.90. The maximum atomic E-state index is 6.49. The Bertz CT molecular complexity index is 168. The van der Waals surface area contributed by atoms with Gasteiger partial charge in [0.2, 0.25) is 0 Å². The van der Waals surface area contributed by atoms with Gasteiger partial charge in [-0.3, -0.25) is 0 Å². The fourth-order valence-corrected chi connectivity index (χ4v) is 2.99. The molecule has 0 aliphatic heterocycles. The molecule has 1 saturated carbocycles. The zero-order chi connectivity index (χ0) is 11.3. The van der Waals surface area contributed by atoms with Crippen LogP contribution >= 0.6 is 0 Å². The van der Waals surface area contributed by atoms with Crippen molar-refractivity contribution in [2.24, 2.45) is 17.6 Å². The Morgan fingerprint density at radius 2 is 1.87 bits per heavy atom. The first-order valence-electron chi connectivity index (χ1n) is 6.88. The topological polar surface area (TPSA) is 26.0 Å². The van der Waals surface area contributed by atoms with Gasteiger partial charge in [-0.1, -0.05) is 40.0 Å². The highest BCUT2D eigenvalue weighted by atomic mass is 14.7. The molecule has 15 heavy (non-hydrogen) atoms. The van der Waals surface area contributed by atoms with Gasteiger partial charge in [0.05, 0.1) is 0 Å². The van der Waals surface area contributed by atoms with Crippen molar-refractivity contribution < 1.29 is 0 Å². The van der Waals surface area contributed by atoms with Gasteiger partial charge in [0.1, 0.15) is 0 Å². The van der Waals surface area contributed by atoms with Crippen LogP contribution in [0.2, 0.25) is 0 Å². The lowest BCUT2D eigenvalue weighted by atomic mass is 9.72. The second-order valence-corrected chi connectivity index (χ2v) is 5.81. The number of hydrogen-bond acceptors (Lipinski definition) is 1. The molecule has 1 rings (SSSR count). The molecule has 0 radical (unpaired) electrons. The molecule has 2 N–H and O–H groups in total. The summed E-state index contributed by atoms with van der Waals surface area (Å²) in [4.78, 5) is 0. The van der Waals surface area contributed by atoms with Crippen LogP contribution in [0, 0.1) is 11.8 Å². The first kappa shape index (κ1) is 13.0. The van der Waals surface area contributed by atoms with Gasteiger partial charge in [0.15, 0.2) is 0 Å². The van der Waals surface area contributed by atoms with Gasteiger partial charge in [-0.15, -0.1) is 0 Å². The van der Waals surface area contributed by atoms with Crippen LogP contribution in [0.3, 0.4) is 0 Å². The van der Waals surface area contributed by atoms with E-state index in [1.165, 1.54) is 51.4 Å². The van der Waals surface area contributed by atoms with Crippen LogP contribution in [0.25, 0.3) is 0 Å². The van der Waals surface area contributed by atoms with E-state index in [1.54, 1.807) is 0 Å². The first-order chi connectivity index (χ1) is 7.09. The van der Waals surface area contributed by atoms with E-state index in [-0.39, 0.29) is 5.54 Å². The van der Waals surface area contributed by atoms with Crippen LogP contribution in [-0.4, -0.2) is 5.54 Å². The Hall–Kier alpha value is -0.0400. The average Bonchev–Trinajstić information content (AvgIpc) is 2.22. The highest BCUT2D eigenvalue weighted by Crippen LogP contribution is 2.36. The van der Waals surface area contributed by atoms with E-state index in [9.17, 15) is 0 Å². The average molecular weight is 211 g/mol. The highest BCUT2D eigenvalue weighted by Gasteiger charge is 2.31. The summed E-state index contributed by atoms with van der Waals surface area (Å²) in [7, 11) is 0. The Morgan fingerprint density at radius 1 is 1.27 bits per heavy atom. The second-order valence-electron chi connectivity index (χ2n) is 5.81. The summed E-state index contributed by atoms with van der Waals surface area (Å²) in [6.07, 6.45) is 10.6. The van der Waals surface area contributed by atoms with Crippen molar-refractivity contribution >= 4 is 0 Å². The van der Waals surface area contributed by atoms with Crippen LogP contribution < -0.4 is 5.73 Å². The Morgan fingerprint density at radius 3 is 2.33 bits per heavy atom. The predicted molar refractivity (Wildman–Crippen MR) is 67.9 cm³/mol. The molecule has 1 nitrogen and oxygen atoms in total. The molecule has 1 unspecified atom stereocenters. The number of hydrogen-bond donors (Lipinski definition) is 1. The molecule has 1 fully saturated rings. The summed E-state index contributed by atoms with van der Waals surface area (Å²) in [6.45, 7) is 6.91. The summed E-state index contributed by atoms with van der Waals surface area (Å²) < 4.78 is 0. The van der Waals surface area contributed by atoms with Crippen molar-refractivity contribution in [1.29, 1.82) is 0 Å². The van der Waals surface area contributed by atoms with Crippen LogP contribution in [-0.2, 0) is 0 Å². The smallest absolute Gasteiger partial charge is 0.0157 e. The van der Waals surface area contributed by atoms with Crippen molar-refractivity contribution in [3.05, 3.63) is 0 Å². The molecule has 1 aliphatic rings. The molecule has 1 aliphatic carbocycles. The maximum absolute atomic E-state index is 6.49. The monoisotopic (exact) mass is 211 g/mol. The molecule has 0 aromatic carbocycles. The molecule has 0 aromatic heterocycles. The van der Waals surface area contributed by atoms with E-state index >= 15 is 0 Å². The summed E-state index contributed by atoms with van der Waals surface area (Å²) in [5.41, 5.74) is 6.67. The Labute approximate surface area is 95.8 Å². The first-order valence-corrected chi connectivity index (χ1v) is 6.88. The van der Waals surface area contributed by atoms with Crippen LogP contribution in [0.15, 0.2) is 0 Å². The lowest BCUT2D eigenvalue weighted by Crippen LogP contribution is -2.44. The van der Waals surface area contributed by atoms with Gasteiger partial charge in [-0.05, 0) is 43.9 Å². The standard InChI is InChI=1S/C14H29N/c1-4-6-13-7-9-14(15,10-8-13)11-12(3)5-2/h12-13H,4-11,15H2,1-3H3. The minimum Gasteiger partial charge on any atom is -0.325 e. The van der Waals surface area contributed by atoms with Gasteiger partial charge in [-0.2, -0.15) is 0 Å². The third kappa shape index (κ3) is 4.14. The zero-order valence-electron chi connectivity index (χ0n) is 10.9. The van der Waals surface area contributed by atoms with E-state index in [4.69, 9.17) is 5.73 Å². The van der Waals surface area contributed by atoms with E-state index in [0.717, 1.165) is 11.8 Å². The predicted octanol–water partition coefficient (Wildman–Crippen LogP) is 4.11. The van der Waals surface area contributed by atoms with E-state index in [2.05, 4.69) is 20.8 Å².